The van der Waals surface area contributed by atoms with E-state index in [0.29, 0.717) is 0 Å². The molecule has 0 aromatic carbocycles. The Kier molecular flexibility index (Phi) is 7.39. The molecular weight excluding hydrogens is 280 g/mol. The minimum atomic E-state index is -3.68. The van der Waals surface area contributed by atoms with Crippen molar-refractivity contribution in [3.05, 3.63) is 0 Å². The van der Waals surface area contributed by atoms with Crippen LogP contribution in [-0.2, 0) is 24.6 Å². The molecule has 0 aliphatic carbocycles. The average Bonchev–Trinajstić information content (AvgIpc) is 2.25. The van der Waals surface area contributed by atoms with Crippen LogP contribution in [0.3, 0.4) is 0 Å². The van der Waals surface area contributed by atoms with Crippen LogP contribution >= 0.6 is 0 Å². The van der Waals surface area contributed by atoms with Gasteiger partial charge in [0.05, 0.1) is 24.2 Å². The zero-order valence-electron chi connectivity index (χ0n) is 10.5. The summed E-state index contributed by atoms with van der Waals surface area (Å²) in [5.74, 6) is -0.896. The van der Waals surface area contributed by atoms with Crippen molar-refractivity contribution in [3.63, 3.8) is 0 Å². The van der Waals surface area contributed by atoms with Crippen LogP contribution in [0.4, 0.5) is 0 Å². The highest BCUT2D eigenvalue weighted by molar-refractivity contribution is 7.93. The van der Waals surface area contributed by atoms with Crippen molar-refractivity contribution in [1.29, 1.82) is 5.26 Å². The monoisotopic (exact) mass is 298 g/mol. The van der Waals surface area contributed by atoms with E-state index < -0.39 is 31.4 Å². The zero-order valence-corrected chi connectivity index (χ0v) is 12.1. The first-order valence-corrected chi connectivity index (χ1v) is 8.91. The molecule has 0 N–H and O–H groups in total. The number of sulfone groups is 1. The maximum atomic E-state index is 11.9. The van der Waals surface area contributed by atoms with E-state index in [4.69, 9.17) is 10.00 Å². The fourth-order valence-electron chi connectivity index (χ4n) is 1.14. The summed E-state index contributed by atoms with van der Waals surface area (Å²) in [6.07, 6.45) is 1.04. The van der Waals surface area contributed by atoms with Crippen molar-refractivity contribution < 1.29 is 21.6 Å². The number of nitriles is 1. The first-order valence-electron chi connectivity index (χ1n) is 5.24. The van der Waals surface area contributed by atoms with Crippen molar-refractivity contribution >= 4 is 19.9 Å². The molecule has 0 amide bonds. The Morgan fingerprint density at radius 1 is 1.17 bits per heavy atom. The van der Waals surface area contributed by atoms with Crippen LogP contribution in [0, 0.1) is 11.3 Å². The van der Waals surface area contributed by atoms with Gasteiger partial charge in [0.1, 0.15) is 9.84 Å². The molecule has 0 aliphatic heterocycles. The molecule has 0 aromatic heterocycles. The Morgan fingerprint density at radius 3 is 2.22 bits per heavy atom. The Balaban J connectivity index is 4.69. The average molecular weight is 298 g/mol. The van der Waals surface area contributed by atoms with Crippen LogP contribution in [0.5, 0.6) is 0 Å². The van der Waals surface area contributed by atoms with Gasteiger partial charge in [-0.1, -0.05) is 0 Å². The van der Waals surface area contributed by atoms with Crippen LogP contribution in [0.1, 0.15) is 6.42 Å². The number of ether oxygens (including phenoxy) is 1. The minimum Gasteiger partial charge on any atom is -0.383 e. The Labute approximate surface area is 108 Å². The largest absolute Gasteiger partial charge is 0.383 e. The molecule has 0 saturated heterocycles. The van der Waals surface area contributed by atoms with E-state index in [1.54, 1.807) is 0 Å². The number of hydrogen-bond acceptors (Lipinski definition) is 6. The molecule has 0 spiro atoms. The molecule has 0 rings (SSSR count). The third-order valence-corrected chi connectivity index (χ3v) is 5.20. The molecule has 0 heterocycles. The molecule has 18 heavy (non-hydrogen) atoms. The van der Waals surface area contributed by atoms with Gasteiger partial charge in [-0.05, 0) is 0 Å². The Hall–Kier alpha value is -0.690. The Morgan fingerprint density at radius 2 is 1.78 bits per heavy atom. The predicted molar refractivity (Wildman–Crippen MR) is 67.2 cm³/mol. The molecule has 0 aromatic rings. The van der Waals surface area contributed by atoms with E-state index in [2.05, 4.69) is 0 Å². The summed E-state index contributed by atoms with van der Waals surface area (Å²) in [6, 6.07) is 1.85. The van der Waals surface area contributed by atoms with Gasteiger partial charge in [-0.2, -0.15) is 9.57 Å². The van der Waals surface area contributed by atoms with Gasteiger partial charge < -0.3 is 4.74 Å². The van der Waals surface area contributed by atoms with Crippen molar-refractivity contribution in [1.82, 2.24) is 4.31 Å². The highest BCUT2D eigenvalue weighted by Gasteiger charge is 2.23. The zero-order chi connectivity index (χ0) is 14.2. The van der Waals surface area contributed by atoms with Gasteiger partial charge in [0.15, 0.2) is 0 Å². The molecule has 0 bridgehead atoms. The van der Waals surface area contributed by atoms with Gasteiger partial charge in [0.2, 0.25) is 10.0 Å². The quantitative estimate of drug-likeness (QED) is 0.553. The summed E-state index contributed by atoms with van der Waals surface area (Å²) >= 11 is 0. The lowest BCUT2D eigenvalue weighted by molar-refractivity contribution is 0.179. The summed E-state index contributed by atoms with van der Waals surface area (Å²) in [7, 11) is -5.57. The lowest BCUT2D eigenvalue weighted by atomic mass is 10.4. The van der Waals surface area contributed by atoms with Gasteiger partial charge in [0, 0.05) is 32.9 Å². The first-order chi connectivity index (χ1) is 8.23. The van der Waals surface area contributed by atoms with E-state index in [9.17, 15) is 16.8 Å². The van der Waals surface area contributed by atoms with Gasteiger partial charge >= 0.3 is 0 Å². The number of methoxy groups -OCH3 is 1. The number of rotatable bonds is 9. The molecule has 9 heteroatoms. The lowest BCUT2D eigenvalue weighted by Gasteiger charge is -2.20. The first kappa shape index (κ1) is 17.3. The SMILES string of the molecule is COCCN(CCC#N)S(=O)(=O)CCS(C)(=O)=O. The van der Waals surface area contributed by atoms with Crippen LogP contribution in [0.25, 0.3) is 0 Å². The Bertz CT molecular complexity index is 478. The van der Waals surface area contributed by atoms with Crippen molar-refractivity contribution in [2.45, 2.75) is 6.42 Å². The number of nitrogens with zero attached hydrogens (tertiary/aromatic N) is 2. The molecule has 106 valence electrons. The summed E-state index contributed by atoms with van der Waals surface area (Å²) in [6.45, 7) is 0.361. The topological polar surface area (TPSA) is 105 Å². The van der Waals surface area contributed by atoms with E-state index in [-0.39, 0.29) is 26.1 Å². The summed E-state index contributed by atoms with van der Waals surface area (Å²) in [4.78, 5) is 0. The van der Waals surface area contributed by atoms with Gasteiger partial charge in [-0.15, -0.1) is 0 Å². The van der Waals surface area contributed by atoms with Crippen molar-refractivity contribution in [2.24, 2.45) is 0 Å². The fraction of sp³-hybridized carbons (Fsp3) is 0.889. The van der Waals surface area contributed by atoms with Crippen molar-refractivity contribution in [2.75, 3.05) is 44.6 Å². The van der Waals surface area contributed by atoms with Gasteiger partial charge in [0.25, 0.3) is 0 Å². The standard InChI is InChI=1S/C9H18N2O5S2/c1-16-7-6-11(5-3-4-10)18(14,15)9-8-17(2,12)13/h3,5-9H2,1-2H3. The smallest absolute Gasteiger partial charge is 0.215 e. The maximum Gasteiger partial charge on any atom is 0.215 e. The predicted octanol–water partition coefficient (Wildman–Crippen LogP) is -0.777. The number of hydrogen-bond donors (Lipinski definition) is 0. The second kappa shape index (κ2) is 7.68. The highest BCUT2D eigenvalue weighted by Crippen LogP contribution is 2.04. The molecule has 0 fully saturated rings. The van der Waals surface area contributed by atoms with Crippen LogP contribution in [0.15, 0.2) is 0 Å². The molecule has 7 nitrogen and oxygen atoms in total. The maximum absolute atomic E-state index is 11.9. The second-order valence-electron chi connectivity index (χ2n) is 3.75. The minimum absolute atomic E-state index is 0.0476. The summed E-state index contributed by atoms with van der Waals surface area (Å²) in [5, 5.41) is 8.47. The third-order valence-electron chi connectivity index (χ3n) is 2.12. The molecular formula is C9H18N2O5S2. The lowest BCUT2D eigenvalue weighted by Crippen LogP contribution is -2.37. The molecule has 0 saturated carbocycles. The number of sulfonamides is 1. The van der Waals surface area contributed by atoms with E-state index in [1.807, 2.05) is 6.07 Å². The van der Waals surface area contributed by atoms with Crippen molar-refractivity contribution in [3.8, 4) is 6.07 Å². The highest BCUT2D eigenvalue weighted by atomic mass is 32.2. The van der Waals surface area contributed by atoms with E-state index in [0.717, 1.165) is 10.6 Å². The second-order valence-corrected chi connectivity index (χ2v) is 8.09. The summed E-state index contributed by atoms with van der Waals surface area (Å²) < 4.78 is 51.6. The molecule has 0 atom stereocenters. The van der Waals surface area contributed by atoms with Crippen LogP contribution < -0.4 is 0 Å². The normalized spacial score (nSPS) is 12.6. The van der Waals surface area contributed by atoms with Crippen LogP contribution in [-0.4, -0.2) is 65.7 Å². The van der Waals surface area contributed by atoms with Crippen LogP contribution in [0.2, 0.25) is 0 Å². The molecule has 0 aliphatic rings. The molecule has 0 unspecified atom stereocenters. The van der Waals surface area contributed by atoms with Gasteiger partial charge in [-0.25, -0.2) is 16.8 Å². The van der Waals surface area contributed by atoms with E-state index >= 15 is 0 Å². The molecule has 0 radical (unpaired) electrons. The third kappa shape index (κ3) is 7.60. The van der Waals surface area contributed by atoms with E-state index in [1.165, 1.54) is 7.11 Å². The van der Waals surface area contributed by atoms with Gasteiger partial charge in [-0.3, -0.25) is 0 Å². The fourth-order valence-corrected chi connectivity index (χ4v) is 4.18. The summed E-state index contributed by atoms with van der Waals surface area (Å²) in [5.41, 5.74) is 0.